The highest BCUT2D eigenvalue weighted by molar-refractivity contribution is 5.96. The normalized spacial score (nSPS) is 18.3. The molecule has 4 nitrogen and oxygen atoms in total. The van der Waals surface area contributed by atoms with E-state index in [9.17, 15) is 4.79 Å². The second-order valence-corrected chi connectivity index (χ2v) is 6.67. The Morgan fingerprint density at radius 1 is 1.29 bits per heavy atom. The molecule has 0 saturated heterocycles. The molecule has 0 bridgehead atoms. The average molecular weight is 291 g/mol. The van der Waals surface area contributed by atoms with Gasteiger partial charge in [0.1, 0.15) is 5.75 Å². The predicted octanol–water partition coefficient (Wildman–Crippen LogP) is 3.71. The molecule has 0 amide bonds. The number of methoxy groups -OCH3 is 1. The minimum absolute atomic E-state index is 0.214. The Kier molecular flexibility index (Phi) is 4.45. The molecule has 0 radical (unpaired) electrons. The van der Waals surface area contributed by atoms with Gasteiger partial charge in [-0.25, -0.2) is 4.79 Å². The van der Waals surface area contributed by atoms with E-state index < -0.39 is 5.97 Å². The lowest BCUT2D eigenvalue weighted by atomic mass is 9.76. The lowest BCUT2D eigenvalue weighted by Gasteiger charge is -2.34. The predicted molar refractivity (Wildman–Crippen MR) is 83.6 cm³/mol. The van der Waals surface area contributed by atoms with Gasteiger partial charge < -0.3 is 15.2 Å². The third-order valence-electron chi connectivity index (χ3n) is 4.35. The molecule has 0 heterocycles. The van der Waals surface area contributed by atoms with Crippen LogP contribution in [0.15, 0.2) is 12.1 Å². The summed E-state index contributed by atoms with van der Waals surface area (Å²) in [7, 11) is 1.36. The maximum Gasteiger partial charge on any atom is 0.340 e. The summed E-state index contributed by atoms with van der Waals surface area (Å²) in [6, 6.07) is 3.58. The van der Waals surface area contributed by atoms with E-state index in [2.05, 4.69) is 13.8 Å². The molecule has 0 aliphatic heterocycles. The number of esters is 1. The summed E-state index contributed by atoms with van der Waals surface area (Å²) >= 11 is 0. The molecule has 0 atom stereocenters. The summed E-state index contributed by atoms with van der Waals surface area (Å²) < 4.78 is 10.8. The van der Waals surface area contributed by atoms with Crippen molar-refractivity contribution < 1.29 is 14.3 Å². The first kappa shape index (κ1) is 15.7. The van der Waals surface area contributed by atoms with Gasteiger partial charge in [0, 0.05) is 5.69 Å². The standard InChI is InChI=1S/C17H25NO3/c1-11-9-13(10-14(15(11)18)16(19)20-4)21-12-5-7-17(2,3)8-6-12/h9-10,12H,5-8,18H2,1-4H3. The molecule has 2 N–H and O–H groups in total. The summed E-state index contributed by atoms with van der Waals surface area (Å²) in [5, 5.41) is 0. The number of carbonyl (C=O) groups is 1. The molecular formula is C17H25NO3. The van der Waals surface area contributed by atoms with Crippen molar-refractivity contribution in [1.82, 2.24) is 0 Å². The first-order chi connectivity index (χ1) is 9.82. The summed E-state index contributed by atoms with van der Waals surface area (Å²) in [6.45, 7) is 6.47. The molecule has 0 unspecified atom stereocenters. The molecule has 1 aliphatic rings. The number of benzene rings is 1. The van der Waals surface area contributed by atoms with E-state index in [1.165, 1.54) is 7.11 Å². The van der Waals surface area contributed by atoms with Gasteiger partial charge in [0.05, 0.1) is 18.8 Å². The minimum Gasteiger partial charge on any atom is -0.490 e. The Labute approximate surface area is 126 Å². The molecule has 1 saturated carbocycles. The van der Waals surface area contributed by atoms with Gasteiger partial charge in [0.15, 0.2) is 0 Å². The van der Waals surface area contributed by atoms with E-state index in [1.54, 1.807) is 6.07 Å². The van der Waals surface area contributed by atoms with Gasteiger partial charge in [0.25, 0.3) is 0 Å². The highest BCUT2D eigenvalue weighted by atomic mass is 16.5. The minimum atomic E-state index is -0.425. The number of nitrogens with two attached hydrogens (primary N) is 1. The molecule has 1 aromatic carbocycles. The number of rotatable bonds is 3. The third kappa shape index (κ3) is 3.69. The number of ether oxygens (including phenoxy) is 2. The number of carbonyl (C=O) groups excluding carboxylic acids is 1. The van der Waals surface area contributed by atoms with Gasteiger partial charge in [-0.3, -0.25) is 0 Å². The first-order valence-electron chi connectivity index (χ1n) is 7.47. The van der Waals surface area contributed by atoms with Crippen molar-refractivity contribution in [3.63, 3.8) is 0 Å². The third-order valence-corrected chi connectivity index (χ3v) is 4.35. The first-order valence-corrected chi connectivity index (χ1v) is 7.47. The van der Waals surface area contributed by atoms with Gasteiger partial charge in [-0.15, -0.1) is 0 Å². The van der Waals surface area contributed by atoms with E-state index in [1.807, 2.05) is 13.0 Å². The van der Waals surface area contributed by atoms with Crippen molar-refractivity contribution in [3.8, 4) is 5.75 Å². The molecule has 2 rings (SSSR count). The topological polar surface area (TPSA) is 61.5 Å². The van der Waals surface area contributed by atoms with Gasteiger partial charge in [-0.1, -0.05) is 13.8 Å². The lowest BCUT2D eigenvalue weighted by molar-refractivity contribution is 0.0600. The zero-order chi connectivity index (χ0) is 15.6. The monoisotopic (exact) mass is 291 g/mol. The van der Waals surface area contributed by atoms with E-state index >= 15 is 0 Å². The van der Waals surface area contributed by atoms with Crippen LogP contribution in [0.3, 0.4) is 0 Å². The summed E-state index contributed by atoms with van der Waals surface area (Å²) in [4.78, 5) is 11.8. The maximum absolute atomic E-state index is 11.8. The summed E-state index contributed by atoms with van der Waals surface area (Å²) in [5.74, 6) is 0.276. The van der Waals surface area contributed by atoms with Crippen molar-refractivity contribution in [2.24, 2.45) is 5.41 Å². The molecule has 1 fully saturated rings. The Morgan fingerprint density at radius 3 is 2.48 bits per heavy atom. The van der Waals surface area contributed by atoms with Crippen LogP contribution in [0.1, 0.15) is 55.5 Å². The summed E-state index contributed by atoms with van der Waals surface area (Å²) in [6.07, 6.45) is 4.63. The van der Waals surface area contributed by atoms with Gasteiger partial charge in [0.2, 0.25) is 0 Å². The molecule has 1 aromatic rings. The van der Waals surface area contributed by atoms with Gasteiger partial charge >= 0.3 is 5.97 Å². The van der Waals surface area contributed by atoms with E-state index in [4.69, 9.17) is 15.2 Å². The molecular weight excluding hydrogens is 266 g/mol. The Balaban J connectivity index is 2.14. The number of nitrogen functional groups attached to an aromatic ring is 1. The van der Waals surface area contributed by atoms with Crippen LogP contribution in [-0.2, 0) is 4.74 Å². The Morgan fingerprint density at radius 2 is 1.90 bits per heavy atom. The molecule has 4 heteroatoms. The van der Waals surface area contributed by atoms with Gasteiger partial charge in [-0.05, 0) is 55.7 Å². The Hall–Kier alpha value is -1.71. The quantitative estimate of drug-likeness (QED) is 0.681. The van der Waals surface area contributed by atoms with E-state index in [-0.39, 0.29) is 6.10 Å². The van der Waals surface area contributed by atoms with Crippen LogP contribution >= 0.6 is 0 Å². The van der Waals surface area contributed by atoms with Gasteiger partial charge in [-0.2, -0.15) is 0 Å². The van der Waals surface area contributed by atoms with Crippen molar-refractivity contribution in [3.05, 3.63) is 23.3 Å². The average Bonchev–Trinajstić information content (AvgIpc) is 2.44. The van der Waals surface area contributed by atoms with Crippen molar-refractivity contribution in [2.45, 2.75) is 52.6 Å². The van der Waals surface area contributed by atoms with E-state index in [0.717, 1.165) is 31.2 Å². The van der Waals surface area contributed by atoms with Crippen molar-refractivity contribution in [2.75, 3.05) is 12.8 Å². The molecule has 0 spiro atoms. The highest BCUT2D eigenvalue weighted by Gasteiger charge is 2.28. The second kappa shape index (κ2) is 5.96. The fraction of sp³-hybridized carbons (Fsp3) is 0.588. The van der Waals surface area contributed by atoms with E-state index in [0.29, 0.717) is 22.4 Å². The molecule has 116 valence electrons. The smallest absolute Gasteiger partial charge is 0.340 e. The SMILES string of the molecule is COC(=O)c1cc(OC2CCC(C)(C)CC2)cc(C)c1N. The van der Waals surface area contributed by atoms with Crippen LogP contribution in [0.4, 0.5) is 5.69 Å². The highest BCUT2D eigenvalue weighted by Crippen LogP contribution is 2.37. The lowest BCUT2D eigenvalue weighted by Crippen LogP contribution is -2.28. The largest absolute Gasteiger partial charge is 0.490 e. The van der Waals surface area contributed by atoms with Crippen LogP contribution in [0.25, 0.3) is 0 Å². The van der Waals surface area contributed by atoms with Crippen LogP contribution in [-0.4, -0.2) is 19.2 Å². The Bertz CT molecular complexity index is 527. The number of aryl methyl sites for hydroxylation is 1. The zero-order valence-electron chi connectivity index (χ0n) is 13.4. The zero-order valence-corrected chi connectivity index (χ0v) is 13.4. The van der Waals surface area contributed by atoms with Crippen LogP contribution in [0.5, 0.6) is 5.75 Å². The second-order valence-electron chi connectivity index (χ2n) is 6.67. The number of anilines is 1. The fourth-order valence-electron chi connectivity index (χ4n) is 2.80. The molecule has 21 heavy (non-hydrogen) atoms. The molecule has 1 aliphatic carbocycles. The van der Waals surface area contributed by atoms with Crippen LogP contribution < -0.4 is 10.5 Å². The fourth-order valence-corrected chi connectivity index (χ4v) is 2.80. The number of hydrogen-bond acceptors (Lipinski definition) is 4. The van der Waals surface area contributed by atoms with Crippen LogP contribution in [0.2, 0.25) is 0 Å². The van der Waals surface area contributed by atoms with Crippen molar-refractivity contribution >= 4 is 11.7 Å². The summed E-state index contributed by atoms with van der Waals surface area (Å²) in [5.41, 5.74) is 8.02. The molecule has 0 aromatic heterocycles. The van der Waals surface area contributed by atoms with Crippen molar-refractivity contribution in [1.29, 1.82) is 0 Å². The van der Waals surface area contributed by atoms with Crippen LogP contribution in [0, 0.1) is 12.3 Å². The maximum atomic E-state index is 11.8. The number of hydrogen-bond donors (Lipinski definition) is 1.